The van der Waals surface area contributed by atoms with E-state index in [-0.39, 0.29) is 5.82 Å². The van der Waals surface area contributed by atoms with Gasteiger partial charge in [0.1, 0.15) is 5.82 Å². The standard InChI is InChI=1S/C19H23BrFN3O2/c1-22-19(23-9-8-13-4-6-16(21)15(20)10-13)24-12-14-5-7-17(25-2)18(11-14)26-3/h4-7,10-11H,8-9,12H2,1-3H3,(H2,22,23,24). The Hall–Kier alpha value is -2.28. The van der Waals surface area contributed by atoms with Crippen LogP contribution in [-0.4, -0.2) is 33.8 Å². The van der Waals surface area contributed by atoms with Crippen molar-refractivity contribution in [3.63, 3.8) is 0 Å². The molecule has 0 unspecified atom stereocenters. The summed E-state index contributed by atoms with van der Waals surface area (Å²) in [5, 5.41) is 6.50. The van der Waals surface area contributed by atoms with Gasteiger partial charge < -0.3 is 20.1 Å². The molecular weight excluding hydrogens is 401 g/mol. The Morgan fingerprint density at radius 3 is 2.42 bits per heavy atom. The van der Waals surface area contributed by atoms with E-state index in [9.17, 15) is 4.39 Å². The van der Waals surface area contributed by atoms with Crippen LogP contribution < -0.4 is 20.1 Å². The number of nitrogens with one attached hydrogen (secondary N) is 2. The number of aliphatic imine (C=N–C) groups is 1. The first kappa shape index (κ1) is 20.0. The minimum Gasteiger partial charge on any atom is -0.493 e. The van der Waals surface area contributed by atoms with Crippen LogP contribution in [0, 0.1) is 5.82 Å². The van der Waals surface area contributed by atoms with Crippen molar-refractivity contribution in [1.82, 2.24) is 10.6 Å². The lowest BCUT2D eigenvalue weighted by molar-refractivity contribution is 0.354. The number of halogens is 2. The van der Waals surface area contributed by atoms with Gasteiger partial charge in [-0.25, -0.2) is 4.39 Å². The van der Waals surface area contributed by atoms with Gasteiger partial charge in [0.25, 0.3) is 0 Å². The molecule has 0 saturated heterocycles. The summed E-state index contributed by atoms with van der Waals surface area (Å²) in [5.74, 6) is 1.83. The Morgan fingerprint density at radius 2 is 1.77 bits per heavy atom. The molecule has 0 fully saturated rings. The smallest absolute Gasteiger partial charge is 0.191 e. The normalized spacial score (nSPS) is 11.2. The predicted molar refractivity (Wildman–Crippen MR) is 106 cm³/mol. The van der Waals surface area contributed by atoms with Crippen molar-refractivity contribution in [2.45, 2.75) is 13.0 Å². The second kappa shape index (κ2) is 10.0. The Bertz CT molecular complexity index is 768. The van der Waals surface area contributed by atoms with Crippen LogP contribution >= 0.6 is 15.9 Å². The Kier molecular flexibility index (Phi) is 7.72. The van der Waals surface area contributed by atoms with E-state index >= 15 is 0 Å². The van der Waals surface area contributed by atoms with E-state index in [2.05, 4.69) is 31.6 Å². The fourth-order valence-corrected chi connectivity index (χ4v) is 2.84. The highest BCUT2D eigenvalue weighted by Gasteiger charge is 2.06. The van der Waals surface area contributed by atoms with E-state index in [1.165, 1.54) is 6.07 Å². The monoisotopic (exact) mass is 423 g/mol. The first-order valence-corrected chi connectivity index (χ1v) is 8.96. The summed E-state index contributed by atoms with van der Waals surface area (Å²) in [4.78, 5) is 4.21. The van der Waals surface area contributed by atoms with Crippen molar-refractivity contribution < 1.29 is 13.9 Å². The van der Waals surface area contributed by atoms with E-state index in [1.54, 1.807) is 33.4 Å². The van der Waals surface area contributed by atoms with Gasteiger partial charge >= 0.3 is 0 Å². The number of rotatable bonds is 7. The third-order valence-corrected chi connectivity index (χ3v) is 4.43. The van der Waals surface area contributed by atoms with Gasteiger partial charge in [-0.3, -0.25) is 4.99 Å². The van der Waals surface area contributed by atoms with Crippen molar-refractivity contribution in [1.29, 1.82) is 0 Å². The van der Waals surface area contributed by atoms with Crippen LogP contribution in [0.4, 0.5) is 4.39 Å². The number of ether oxygens (including phenoxy) is 2. The summed E-state index contributed by atoms with van der Waals surface area (Å²) in [7, 11) is 4.95. The van der Waals surface area contributed by atoms with Crippen LogP contribution in [0.1, 0.15) is 11.1 Å². The average molecular weight is 424 g/mol. The molecule has 2 aromatic rings. The van der Waals surface area contributed by atoms with Crippen LogP contribution in [-0.2, 0) is 13.0 Å². The highest BCUT2D eigenvalue weighted by Crippen LogP contribution is 2.27. The third kappa shape index (κ3) is 5.62. The Labute approximate surface area is 161 Å². The zero-order valence-corrected chi connectivity index (χ0v) is 16.7. The first-order chi connectivity index (χ1) is 12.6. The molecule has 0 radical (unpaired) electrons. The molecule has 2 N–H and O–H groups in total. The fraction of sp³-hybridized carbons (Fsp3) is 0.316. The van der Waals surface area contributed by atoms with E-state index in [4.69, 9.17) is 9.47 Å². The summed E-state index contributed by atoms with van der Waals surface area (Å²) in [6.07, 6.45) is 0.760. The third-order valence-electron chi connectivity index (χ3n) is 3.82. The number of benzene rings is 2. The molecule has 2 aromatic carbocycles. The molecule has 0 spiro atoms. The van der Waals surface area contributed by atoms with E-state index in [1.807, 2.05) is 18.2 Å². The zero-order valence-electron chi connectivity index (χ0n) is 15.1. The number of nitrogens with zero attached hydrogens (tertiary/aromatic N) is 1. The lowest BCUT2D eigenvalue weighted by Crippen LogP contribution is -2.37. The van der Waals surface area contributed by atoms with Crippen molar-refractivity contribution in [3.8, 4) is 11.5 Å². The van der Waals surface area contributed by atoms with Crippen molar-refractivity contribution in [2.75, 3.05) is 27.8 Å². The molecule has 2 rings (SSSR count). The summed E-state index contributed by atoms with van der Waals surface area (Å²) in [6, 6.07) is 10.8. The van der Waals surface area contributed by atoms with Gasteiger partial charge in [0.15, 0.2) is 17.5 Å². The summed E-state index contributed by atoms with van der Waals surface area (Å²) < 4.78 is 24.3. The van der Waals surface area contributed by atoms with Gasteiger partial charge in [0.2, 0.25) is 0 Å². The summed E-state index contributed by atoms with van der Waals surface area (Å²) in [5.41, 5.74) is 2.09. The molecule has 0 aliphatic rings. The molecule has 0 bridgehead atoms. The van der Waals surface area contributed by atoms with Crippen molar-refractivity contribution in [3.05, 3.63) is 57.8 Å². The van der Waals surface area contributed by atoms with E-state index in [0.717, 1.165) is 17.5 Å². The minimum absolute atomic E-state index is 0.255. The van der Waals surface area contributed by atoms with Crippen LogP contribution in [0.2, 0.25) is 0 Å². The van der Waals surface area contributed by atoms with Gasteiger partial charge in [-0.05, 0) is 57.7 Å². The maximum absolute atomic E-state index is 13.3. The Morgan fingerprint density at radius 1 is 1.04 bits per heavy atom. The van der Waals surface area contributed by atoms with Gasteiger partial charge in [-0.2, -0.15) is 0 Å². The average Bonchev–Trinajstić information content (AvgIpc) is 2.66. The SMILES string of the molecule is CN=C(NCCc1ccc(F)c(Br)c1)NCc1ccc(OC)c(OC)c1. The van der Waals surface area contributed by atoms with E-state index in [0.29, 0.717) is 35.0 Å². The second-order valence-electron chi connectivity index (χ2n) is 5.54. The number of guanidine groups is 1. The molecule has 0 heterocycles. The van der Waals surface area contributed by atoms with Crippen LogP contribution in [0.5, 0.6) is 11.5 Å². The molecule has 0 atom stereocenters. The van der Waals surface area contributed by atoms with Gasteiger partial charge in [0.05, 0.1) is 18.7 Å². The molecule has 0 saturated carbocycles. The predicted octanol–water partition coefficient (Wildman–Crippen LogP) is 3.51. The van der Waals surface area contributed by atoms with Crippen molar-refractivity contribution in [2.24, 2.45) is 4.99 Å². The second-order valence-corrected chi connectivity index (χ2v) is 6.39. The molecule has 0 aliphatic carbocycles. The van der Waals surface area contributed by atoms with Crippen LogP contribution in [0.15, 0.2) is 45.9 Å². The summed E-state index contributed by atoms with van der Waals surface area (Å²) >= 11 is 3.20. The number of hydrogen-bond donors (Lipinski definition) is 2. The van der Waals surface area contributed by atoms with Crippen molar-refractivity contribution >= 4 is 21.9 Å². The maximum atomic E-state index is 13.3. The molecule has 140 valence electrons. The maximum Gasteiger partial charge on any atom is 0.191 e. The number of methoxy groups -OCH3 is 2. The highest BCUT2D eigenvalue weighted by atomic mass is 79.9. The number of hydrogen-bond acceptors (Lipinski definition) is 3. The topological polar surface area (TPSA) is 54.9 Å². The molecule has 7 heteroatoms. The molecule has 26 heavy (non-hydrogen) atoms. The van der Waals surface area contributed by atoms with Gasteiger partial charge in [0, 0.05) is 20.1 Å². The van der Waals surface area contributed by atoms with Crippen LogP contribution in [0.3, 0.4) is 0 Å². The lowest BCUT2D eigenvalue weighted by atomic mass is 10.1. The minimum atomic E-state index is -0.255. The molecular formula is C19H23BrFN3O2. The van der Waals surface area contributed by atoms with Crippen LogP contribution in [0.25, 0.3) is 0 Å². The lowest BCUT2D eigenvalue weighted by Gasteiger charge is -2.13. The van der Waals surface area contributed by atoms with Gasteiger partial charge in [-0.1, -0.05) is 12.1 Å². The summed E-state index contributed by atoms with van der Waals surface area (Å²) in [6.45, 7) is 1.28. The largest absolute Gasteiger partial charge is 0.493 e. The first-order valence-electron chi connectivity index (χ1n) is 8.16. The molecule has 0 aliphatic heterocycles. The molecule has 5 nitrogen and oxygen atoms in total. The Balaban J connectivity index is 1.85. The zero-order chi connectivity index (χ0) is 18.9. The highest BCUT2D eigenvalue weighted by molar-refractivity contribution is 9.10. The fourth-order valence-electron chi connectivity index (χ4n) is 2.42. The molecule has 0 aromatic heterocycles. The quantitative estimate of drug-likeness (QED) is 0.528. The van der Waals surface area contributed by atoms with E-state index < -0.39 is 0 Å². The molecule has 0 amide bonds. The van der Waals surface area contributed by atoms with Gasteiger partial charge in [-0.15, -0.1) is 0 Å².